The molecule has 1 fully saturated rings. The lowest BCUT2D eigenvalue weighted by atomic mass is 9.83. The number of hydrogen-bond acceptors (Lipinski definition) is 5. The number of aromatic amines is 1. The van der Waals surface area contributed by atoms with Gasteiger partial charge in [0.15, 0.2) is 0 Å². The van der Waals surface area contributed by atoms with E-state index in [1.165, 1.54) is 12.1 Å². The molecular formula is C16H18F3N3O3. The number of aliphatic hydroxyl groups is 1. The Hall–Kier alpha value is -2.29. The monoisotopic (exact) mass is 357 g/mol. The Morgan fingerprint density at radius 3 is 2.40 bits per heavy atom. The van der Waals surface area contributed by atoms with Crippen LogP contribution >= 0.6 is 0 Å². The number of rotatable bonds is 5. The first-order chi connectivity index (χ1) is 11.9. The van der Waals surface area contributed by atoms with Crippen molar-refractivity contribution < 1.29 is 27.8 Å². The predicted octanol–water partition coefficient (Wildman–Crippen LogP) is 3.30. The third-order valence-corrected chi connectivity index (χ3v) is 4.28. The molecule has 0 saturated heterocycles. The fourth-order valence-corrected chi connectivity index (χ4v) is 3.05. The van der Waals surface area contributed by atoms with Gasteiger partial charge in [-0.1, -0.05) is 22.4 Å². The molecule has 1 saturated carbocycles. The summed E-state index contributed by atoms with van der Waals surface area (Å²) >= 11 is 0. The quantitative estimate of drug-likeness (QED) is 0.858. The largest absolute Gasteiger partial charge is 0.573 e. The first-order valence-corrected chi connectivity index (χ1v) is 7.98. The van der Waals surface area contributed by atoms with E-state index in [1.807, 2.05) is 0 Å². The molecule has 25 heavy (non-hydrogen) atoms. The summed E-state index contributed by atoms with van der Waals surface area (Å²) in [4.78, 5) is 0. The Morgan fingerprint density at radius 2 is 1.80 bits per heavy atom. The van der Waals surface area contributed by atoms with Crippen LogP contribution < -0.4 is 9.47 Å². The van der Waals surface area contributed by atoms with Crippen LogP contribution in [0.1, 0.15) is 42.9 Å². The van der Waals surface area contributed by atoms with Crippen molar-refractivity contribution in [3.63, 3.8) is 0 Å². The van der Waals surface area contributed by atoms with Crippen LogP contribution in [0, 0.1) is 0 Å². The van der Waals surface area contributed by atoms with E-state index in [9.17, 15) is 13.2 Å². The average molecular weight is 357 g/mol. The summed E-state index contributed by atoms with van der Waals surface area (Å²) in [5.74, 6) is 0.379. The van der Waals surface area contributed by atoms with Crippen LogP contribution in [0.25, 0.3) is 0 Å². The maximum atomic E-state index is 12.2. The lowest BCUT2D eigenvalue weighted by Crippen LogP contribution is -2.24. The highest BCUT2D eigenvalue weighted by atomic mass is 19.4. The summed E-state index contributed by atoms with van der Waals surface area (Å²) in [5, 5.41) is 19.1. The third-order valence-electron chi connectivity index (χ3n) is 4.28. The third kappa shape index (κ3) is 4.62. The number of nitrogens with one attached hydrogen (secondary N) is 1. The number of halogens is 3. The highest BCUT2D eigenvalue weighted by Crippen LogP contribution is 2.35. The van der Waals surface area contributed by atoms with Crippen LogP contribution in [0.2, 0.25) is 0 Å². The zero-order valence-corrected chi connectivity index (χ0v) is 13.3. The van der Waals surface area contributed by atoms with Gasteiger partial charge in [-0.25, -0.2) is 0 Å². The SMILES string of the molecule is OCc1[nH]nnc1OC1CCC(c2ccc(OC(F)(F)F)cc2)CC1. The summed E-state index contributed by atoms with van der Waals surface area (Å²) in [6, 6.07) is 6.03. The summed E-state index contributed by atoms with van der Waals surface area (Å²) in [5.41, 5.74) is 1.44. The number of ether oxygens (including phenoxy) is 2. The molecular weight excluding hydrogens is 339 g/mol. The van der Waals surface area contributed by atoms with Crippen molar-refractivity contribution in [2.75, 3.05) is 0 Å². The van der Waals surface area contributed by atoms with E-state index in [0.29, 0.717) is 11.6 Å². The Balaban J connectivity index is 1.53. The van der Waals surface area contributed by atoms with E-state index in [0.717, 1.165) is 31.2 Å². The molecule has 0 aliphatic heterocycles. The van der Waals surface area contributed by atoms with E-state index in [-0.39, 0.29) is 24.4 Å². The molecule has 1 aliphatic carbocycles. The van der Waals surface area contributed by atoms with Crippen molar-refractivity contribution in [2.45, 2.75) is 50.7 Å². The Morgan fingerprint density at radius 1 is 1.12 bits per heavy atom. The molecule has 9 heteroatoms. The zero-order chi connectivity index (χ0) is 17.9. The van der Waals surface area contributed by atoms with Gasteiger partial charge in [0.25, 0.3) is 5.88 Å². The molecule has 0 unspecified atom stereocenters. The molecule has 1 aromatic heterocycles. The highest BCUT2D eigenvalue weighted by Gasteiger charge is 2.31. The van der Waals surface area contributed by atoms with Gasteiger partial charge in [-0.15, -0.1) is 13.2 Å². The lowest BCUT2D eigenvalue weighted by molar-refractivity contribution is -0.274. The van der Waals surface area contributed by atoms with Crippen LogP contribution in [0.4, 0.5) is 13.2 Å². The van der Waals surface area contributed by atoms with Crippen LogP contribution in [0.15, 0.2) is 24.3 Å². The van der Waals surface area contributed by atoms with Gasteiger partial charge < -0.3 is 14.6 Å². The van der Waals surface area contributed by atoms with Crippen molar-refractivity contribution in [2.24, 2.45) is 0 Å². The van der Waals surface area contributed by atoms with Crippen molar-refractivity contribution in [3.8, 4) is 11.6 Å². The van der Waals surface area contributed by atoms with Gasteiger partial charge in [-0.2, -0.15) is 0 Å². The molecule has 6 nitrogen and oxygen atoms in total. The first-order valence-electron chi connectivity index (χ1n) is 7.98. The minimum absolute atomic E-state index is 0.0144. The second kappa shape index (κ2) is 7.30. The topological polar surface area (TPSA) is 80.3 Å². The molecule has 1 aromatic carbocycles. The number of nitrogens with zero attached hydrogens (tertiary/aromatic N) is 2. The summed E-state index contributed by atoms with van der Waals surface area (Å²) < 4.78 is 46.2. The van der Waals surface area contributed by atoms with Crippen molar-refractivity contribution in [3.05, 3.63) is 35.5 Å². The minimum atomic E-state index is -4.68. The van der Waals surface area contributed by atoms with Gasteiger partial charge in [0, 0.05) is 0 Å². The fraction of sp³-hybridized carbons (Fsp3) is 0.500. The molecule has 2 aromatic rings. The summed E-state index contributed by atoms with van der Waals surface area (Å²) in [7, 11) is 0. The minimum Gasteiger partial charge on any atom is -0.472 e. The fourth-order valence-electron chi connectivity index (χ4n) is 3.05. The van der Waals surface area contributed by atoms with Crippen molar-refractivity contribution in [1.82, 2.24) is 15.4 Å². The predicted molar refractivity (Wildman–Crippen MR) is 81.1 cm³/mol. The van der Waals surface area contributed by atoms with Crippen molar-refractivity contribution in [1.29, 1.82) is 0 Å². The first kappa shape index (κ1) is 17.5. The number of aliphatic hydroxyl groups excluding tert-OH is 1. The van der Waals surface area contributed by atoms with Gasteiger partial charge >= 0.3 is 6.36 Å². The summed E-state index contributed by atoms with van der Waals surface area (Å²) in [6.07, 6.45) is -1.38. The number of aromatic nitrogens is 3. The van der Waals surface area contributed by atoms with Gasteiger partial charge in [0.2, 0.25) is 0 Å². The van der Waals surface area contributed by atoms with Gasteiger partial charge in [-0.05, 0) is 49.3 Å². The molecule has 0 atom stereocenters. The highest BCUT2D eigenvalue weighted by molar-refractivity contribution is 5.30. The van der Waals surface area contributed by atoms with Crippen LogP contribution in [-0.2, 0) is 6.61 Å². The number of H-pyrrole nitrogens is 1. The Bertz CT molecular complexity index is 680. The molecule has 2 N–H and O–H groups in total. The standard InChI is InChI=1S/C16H18F3N3O3/c17-16(18,19)25-13-7-3-11(4-8-13)10-1-5-12(6-2-10)24-15-14(9-23)20-22-21-15/h3-4,7-8,10,12,23H,1-2,5-6,9H2,(H,20,21,22). The molecule has 1 aliphatic rings. The second-order valence-electron chi connectivity index (χ2n) is 5.96. The Kier molecular flexibility index (Phi) is 5.12. The second-order valence-corrected chi connectivity index (χ2v) is 5.96. The van der Waals surface area contributed by atoms with Gasteiger partial charge in [0.1, 0.15) is 17.5 Å². The number of alkyl halides is 3. The smallest absolute Gasteiger partial charge is 0.472 e. The molecule has 1 heterocycles. The molecule has 0 spiro atoms. The average Bonchev–Trinajstić information content (AvgIpc) is 3.02. The van der Waals surface area contributed by atoms with Crippen LogP contribution in [0.3, 0.4) is 0 Å². The molecule has 3 rings (SSSR count). The van der Waals surface area contributed by atoms with E-state index < -0.39 is 6.36 Å². The number of benzene rings is 1. The van der Waals surface area contributed by atoms with E-state index >= 15 is 0 Å². The van der Waals surface area contributed by atoms with E-state index in [1.54, 1.807) is 12.1 Å². The maximum Gasteiger partial charge on any atom is 0.573 e. The summed E-state index contributed by atoms with van der Waals surface area (Å²) in [6.45, 7) is -0.218. The molecule has 0 amide bonds. The van der Waals surface area contributed by atoms with Crippen LogP contribution in [0.5, 0.6) is 11.6 Å². The maximum absolute atomic E-state index is 12.2. The normalized spacial score (nSPS) is 21.1. The molecule has 136 valence electrons. The van der Waals surface area contributed by atoms with E-state index in [2.05, 4.69) is 20.1 Å². The van der Waals surface area contributed by atoms with Gasteiger partial charge in [0.05, 0.1) is 6.61 Å². The number of hydrogen-bond donors (Lipinski definition) is 2. The molecule has 0 bridgehead atoms. The molecule has 0 radical (unpaired) electrons. The van der Waals surface area contributed by atoms with Crippen LogP contribution in [-0.4, -0.2) is 33.0 Å². The zero-order valence-electron chi connectivity index (χ0n) is 13.3. The van der Waals surface area contributed by atoms with Gasteiger partial charge in [-0.3, -0.25) is 5.10 Å². The van der Waals surface area contributed by atoms with Crippen molar-refractivity contribution >= 4 is 0 Å². The van der Waals surface area contributed by atoms with E-state index in [4.69, 9.17) is 9.84 Å². The Labute approximate surface area is 142 Å². The lowest BCUT2D eigenvalue weighted by Gasteiger charge is -2.28.